The van der Waals surface area contributed by atoms with Crippen molar-refractivity contribution in [2.24, 2.45) is 0 Å². The average molecular weight is 262 g/mol. The lowest BCUT2D eigenvalue weighted by Crippen LogP contribution is -2.11. The Morgan fingerprint density at radius 1 is 1.56 bits per heavy atom. The van der Waals surface area contributed by atoms with Crippen LogP contribution in [0.25, 0.3) is 10.8 Å². The van der Waals surface area contributed by atoms with Gasteiger partial charge in [0, 0.05) is 11.6 Å². The Morgan fingerprint density at radius 3 is 3.06 bits per heavy atom. The number of rotatable bonds is 2. The third-order valence-electron chi connectivity index (χ3n) is 2.22. The summed E-state index contributed by atoms with van der Waals surface area (Å²) in [6.07, 6.45) is 1.27. The quantitative estimate of drug-likeness (QED) is 0.801. The van der Waals surface area contributed by atoms with Gasteiger partial charge in [0.15, 0.2) is 0 Å². The Hall–Kier alpha value is -2.39. The molecule has 2 rings (SSSR count). The molecular formula is C11H8ClN5O. The lowest BCUT2D eigenvalue weighted by atomic mass is 10.2. The van der Waals surface area contributed by atoms with Crippen molar-refractivity contribution in [3.05, 3.63) is 23.5 Å². The maximum absolute atomic E-state index is 11.2. The molecule has 0 fully saturated rings. The van der Waals surface area contributed by atoms with E-state index in [2.05, 4.69) is 15.3 Å². The average Bonchev–Trinajstić information content (AvgIpc) is 2.28. The Balaban J connectivity index is 2.39. The molecule has 0 aromatic carbocycles. The molecule has 2 aromatic rings. The Labute approximate surface area is 107 Å². The molecule has 0 saturated heterocycles. The zero-order valence-electron chi connectivity index (χ0n) is 9.14. The third-order valence-corrected chi connectivity index (χ3v) is 2.41. The van der Waals surface area contributed by atoms with Gasteiger partial charge < -0.3 is 11.1 Å². The minimum atomic E-state index is -0.419. The monoisotopic (exact) mass is 261 g/mol. The molecular weight excluding hydrogens is 254 g/mol. The topological polar surface area (TPSA) is 105 Å². The highest BCUT2D eigenvalue weighted by atomic mass is 35.5. The number of nitrogens with one attached hydrogen (secondary N) is 1. The summed E-state index contributed by atoms with van der Waals surface area (Å²) < 4.78 is 0. The number of carbonyl (C=O) groups excluding carboxylic acids is 1. The summed E-state index contributed by atoms with van der Waals surface area (Å²) in [5.74, 6) is 0.196. The second-order valence-corrected chi connectivity index (χ2v) is 3.89. The van der Waals surface area contributed by atoms with E-state index >= 15 is 0 Å². The van der Waals surface area contributed by atoms with Gasteiger partial charge in [-0.05, 0) is 17.5 Å². The van der Waals surface area contributed by atoms with Crippen molar-refractivity contribution in [1.29, 1.82) is 5.26 Å². The van der Waals surface area contributed by atoms with Crippen molar-refractivity contribution in [3.8, 4) is 6.07 Å². The van der Waals surface area contributed by atoms with Crippen LogP contribution in [0.4, 0.5) is 11.6 Å². The maximum atomic E-state index is 11.2. The summed E-state index contributed by atoms with van der Waals surface area (Å²) in [5, 5.41) is 12.5. The van der Waals surface area contributed by atoms with Gasteiger partial charge in [-0.1, -0.05) is 11.6 Å². The molecule has 3 N–H and O–H groups in total. The molecule has 0 aliphatic heterocycles. The van der Waals surface area contributed by atoms with E-state index in [1.807, 2.05) is 0 Å². The van der Waals surface area contributed by atoms with Gasteiger partial charge in [-0.15, -0.1) is 0 Å². The predicted molar refractivity (Wildman–Crippen MR) is 67.8 cm³/mol. The summed E-state index contributed by atoms with van der Waals surface area (Å²) >= 11 is 5.79. The van der Waals surface area contributed by atoms with E-state index in [9.17, 15) is 4.79 Å². The molecule has 18 heavy (non-hydrogen) atoms. The third kappa shape index (κ3) is 2.47. The Morgan fingerprint density at radius 2 is 2.33 bits per heavy atom. The lowest BCUT2D eigenvalue weighted by molar-refractivity contribution is -0.115. The van der Waals surface area contributed by atoms with E-state index in [1.54, 1.807) is 18.2 Å². The van der Waals surface area contributed by atoms with Gasteiger partial charge in [-0.25, -0.2) is 9.97 Å². The second-order valence-electron chi connectivity index (χ2n) is 3.50. The van der Waals surface area contributed by atoms with Crippen LogP contribution in [0.1, 0.15) is 6.42 Å². The largest absolute Gasteiger partial charge is 0.383 e. The molecule has 0 aliphatic rings. The zero-order chi connectivity index (χ0) is 13.1. The fourth-order valence-corrected chi connectivity index (χ4v) is 1.68. The standard InChI is InChI=1S/C11H8ClN5O/c12-8-3-6-4-9(17-10(18)1-2-13)15-5-7(6)11(14)16-8/h3-5H,1H2,(H2,14,16)(H,15,17,18). The summed E-state index contributed by atoms with van der Waals surface area (Å²) in [6.45, 7) is 0. The van der Waals surface area contributed by atoms with Crippen LogP contribution in [-0.2, 0) is 4.79 Å². The van der Waals surface area contributed by atoms with E-state index < -0.39 is 5.91 Å². The van der Waals surface area contributed by atoms with Crippen LogP contribution in [0, 0.1) is 11.3 Å². The highest BCUT2D eigenvalue weighted by Crippen LogP contribution is 2.23. The Bertz CT molecular complexity index is 664. The molecule has 0 saturated carbocycles. The fraction of sp³-hybridized carbons (Fsp3) is 0.0909. The molecule has 2 aromatic heterocycles. The molecule has 0 aliphatic carbocycles. The number of nitrogen functional groups attached to an aromatic ring is 1. The van der Waals surface area contributed by atoms with Crippen molar-refractivity contribution in [2.45, 2.75) is 6.42 Å². The minimum Gasteiger partial charge on any atom is -0.383 e. The highest BCUT2D eigenvalue weighted by Gasteiger charge is 2.06. The molecule has 0 unspecified atom stereocenters. The van der Waals surface area contributed by atoms with Crippen LogP contribution in [0.2, 0.25) is 5.15 Å². The number of anilines is 2. The lowest BCUT2D eigenvalue weighted by Gasteiger charge is -2.05. The number of nitrogens with zero attached hydrogens (tertiary/aromatic N) is 3. The predicted octanol–water partition coefficient (Wildman–Crippen LogP) is 1.72. The molecule has 0 spiro atoms. The van der Waals surface area contributed by atoms with Crippen LogP contribution in [-0.4, -0.2) is 15.9 Å². The minimum absolute atomic E-state index is 0.223. The van der Waals surface area contributed by atoms with E-state index in [0.717, 1.165) is 5.39 Å². The van der Waals surface area contributed by atoms with Gasteiger partial charge in [0.25, 0.3) is 0 Å². The molecule has 7 heteroatoms. The Kier molecular flexibility index (Phi) is 3.26. The number of carbonyl (C=O) groups is 1. The number of amides is 1. The second kappa shape index (κ2) is 4.85. The van der Waals surface area contributed by atoms with Gasteiger partial charge in [0.05, 0.1) is 6.07 Å². The van der Waals surface area contributed by atoms with Crippen molar-refractivity contribution < 1.29 is 4.79 Å². The van der Waals surface area contributed by atoms with Gasteiger partial charge in [0.1, 0.15) is 23.2 Å². The first-order valence-electron chi connectivity index (χ1n) is 4.98. The first-order chi connectivity index (χ1) is 8.60. The summed E-state index contributed by atoms with van der Waals surface area (Å²) in [6, 6.07) is 4.99. The van der Waals surface area contributed by atoms with Gasteiger partial charge in [-0.3, -0.25) is 4.79 Å². The number of pyridine rings is 2. The van der Waals surface area contributed by atoms with Gasteiger partial charge >= 0.3 is 0 Å². The van der Waals surface area contributed by atoms with E-state index in [0.29, 0.717) is 11.2 Å². The summed E-state index contributed by atoms with van der Waals surface area (Å²) in [7, 11) is 0. The highest BCUT2D eigenvalue weighted by molar-refractivity contribution is 6.30. The van der Waals surface area contributed by atoms with E-state index in [1.165, 1.54) is 6.20 Å². The maximum Gasteiger partial charge on any atom is 0.239 e. The number of hydrogen-bond acceptors (Lipinski definition) is 5. The molecule has 2 heterocycles. The number of hydrogen-bond donors (Lipinski definition) is 2. The number of fused-ring (bicyclic) bond motifs is 1. The molecule has 0 radical (unpaired) electrons. The van der Waals surface area contributed by atoms with Crippen molar-refractivity contribution in [1.82, 2.24) is 9.97 Å². The normalized spacial score (nSPS) is 10.0. The number of halogens is 1. The summed E-state index contributed by atoms with van der Waals surface area (Å²) in [4.78, 5) is 19.2. The first-order valence-corrected chi connectivity index (χ1v) is 5.36. The molecule has 6 nitrogen and oxygen atoms in total. The SMILES string of the molecule is N#CCC(=O)Nc1cc2cc(Cl)nc(N)c2cn1. The van der Waals surface area contributed by atoms with Crippen LogP contribution in [0.3, 0.4) is 0 Å². The van der Waals surface area contributed by atoms with Crippen molar-refractivity contribution in [2.75, 3.05) is 11.1 Å². The van der Waals surface area contributed by atoms with Gasteiger partial charge in [0.2, 0.25) is 5.91 Å². The number of nitrogens with two attached hydrogens (primary N) is 1. The van der Waals surface area contributed by atoms with Crippen molar-refractivity contribution >= 4 is 39.9 Å². The van der Waals surface area contributed by atoms with Gasteiger partial charge in [-0.2, -0.15) is 5.26 Å². The van der Waals surface area contributed by atoms with E-state index in [-0.39, 0.29) is 17.4 Å². The fourth-order valence-electron chi connectivity index (χ4n) is 1.47. The van der Waals surface area contributed by atoms with Crippen LogP contribution in [0.15, 0.2) is 18.3 Å². The van der Waals surface area contributed by atoms with E-state index in [4.69, 9.17) is 22.6 Å². The number of nitriles is 1. The summed E-state index contributed by atoms with van der Waals surface area (Å²) in [5.41, 5.74) is 5.69. The number of aromatic nitrogens is 2. The molecule has 0 atom stereocenters. The molecule has 0 bridgehead atoms. The van der Waals surface area contributed by atoms with Crippen molar-refractivity contribution in [3.63, 3.8) is 0 Å². The zero-order valence-corrected chi connectivity index (χ0v) is 9.90. The van der Waals surface area contributed by atoms with Crippen LogP contribution in [0.5, 0.6) is 0 Å². The van der Waals surface area contributed by atoms with Crippen LogP contribution >= 0.6 is 11.6 Å². The molecule has 1 amide bonds. The molecule has 90 valence electrons. The smallest absolute Gasteiger partial charge is 0.239 e. The first kappa shape index (κ1) is 12.1. The van der Waals surface area contributed by atoms with Crippen LogP contribution < -0.4 is 11.1 Å².